The number of rotatable bonds is 5. The van der Waals surface area contributed by atoms with Crippen LogP contribution in [0.4, 0.5) is 17.2 Å². The molecule has 2 N–H and O–H groups in total. The largest absolute Gasteiger partial charge is 0.495 e. The molecule has 5 nitrogen and oxygen atoms in total. The van der Waals surface area contributed by atoms with E-state index in [1.807, 2.05) is 30.3 Å². The second-order valence-corrected chi connectivity index (χ2v) is 5.63. The summed E-state index contributed by atoms with van der Waals surface area (Å²) in [5.74, 6) is 0.679. The van der Waals surface area contributed by atoms with Crippen molar-refractivity contribution in [3.63, 3.8) is 0 Å². The third-order valence-electron chi connectivity index (χ3n) is 3.50. The number of halogens is 1. The number of benzene rings is 2. The molecule has 0 spiro atoms. The van der Waals surface area contributed by atoms with Gasteiger partial charge in [-0.05, 0) is 42.5 Å². The van der Waals surface area contributed by atoms with Crippen molar-refractivity contribution in [3.05, 3.63) is 77.4 Å². The van der Waals surface area contributed by atoms with Gasteiger partial charge in [0.05, 0.1) is 18.4 Å². The van der Waals surface area contributed by atoms with Crippen LogP contribution in [0, 0.1) is 0 Å². The summed E-state index contributed by atoms with van der Waals surface area (Å²) in [6.07, 6.45) is 1.63. The van der Waals surface area contributed by atoms with Crippen molar-refractivity contribution in [2.45, 2.75) is 0 Å². The van der Waals surface area contributed by atoms with E-state index in [0.29, 0.717) is 27.8 Å². The smallest absolute Gasteiger partial charge is 0.259 e. The Bertz CT molecular complexity index is 885. The number of para-hydroxylation sites is 1. The number of anilines is 3. The first-order valence-electron chi connectivity index (χ1n) is 7.59. The van der Waals surface area contributed by atoms with Gasteiger partial charge < -0.3 is 15.4 Å². The molecule has 0 bridgehead atoms. The second kappa shape index (κ2) is 7.68. The van der Waals surface area contributed by atoms with Gasteiger partial charge in [-0.25, -0.2) is 4.98 Å². The lowest BCUT2D eigenvalue weighted by Crippen LogP contribution is -2.15. The highest BCUT2D eigenvalue weighted by atomic mass is 35.5. The zero-order valence-corrected chi connectivity index (χ0v) is 14.2. The molecule has 0 fully saturated rings. The Kier molecular flexibility index (Phi) is 5.16. The van der Waals surface area contributed by atoms with Crippen LogP contribution in [0.1, 0.15) is 10.4 Å². The number of aromatic nitrogens is 1. The van der Waals surface area contributed by atoms with Crippen molar-refractivity contribution >= 4 is 34.7 Å². The number of nitrogens with zero attached hydrogens (tertiary/aromatic N) is 1. The van der Waals surface area contributed by atoms with E-state index in [4.69, 9.17) is 16.3 Å². The quantitative estimate of drug-likeness (QED) is 0.695. The van der Waals surface area contributed by atoms with E-state index in [0.717, 1.165) is 5.69 Å². The Morgan fingerprint density at radius 3 is 2.64 bits per heavy atom. The van der Waals surface area contributed by atoms with Crippen LogP contribution in [-0.2, 0) is 0 Å². The number of pyridine rings is 1. The third kappa shape index (κ3) is 4.08. The summed E-state index contributed by atoms with van der Waals surface area (Å²) in [4.78, 5) is 17.0. The molecular weight excluding hydrogens is 338 g/mol. The van der Waals surface area contributed by atoms with Gasteiger partial charge in [0, 0.05) is 16.9 Å². The number of hydrogen-bond donors (Lipinski definition) is 2. The van der Waals surface area contributed by atoms with Gasteiger partial charge in [0.2, 0.25) is 0 Å². The van der Waals surface area contributed by atoms with Crippen LogP contribution in [0.15, 0.2) is 66.9 Å². The van der Waals surface area contributed by atoms with E-state index >= 15 is 0 Å². The van der Waals surface area contributed by atoms with Gasteiger partial charge in [0.1, 0.15) is 11.6 Å². The summed E-state index contributed by atoms with van der Waals surface area (Å²) < 4.78 is 5.26. The molecule has 0 radical (unpaired) electrons. The zero-order chi connectivity index (χ0) is 17.6. The standard InChI is InChI=1S/C19H16ClN3O2/c1-25-17-10-9-13(20)12-16(17)23-19(24)15-8-5-11-21-18(15)22-14-6-3-2-4-7-14/h2-12H,1H3,(H,21,22)(H,23,24). The molecule has 126 valence electrons. The zero-order valence-electron chi connectivity index (χ0n) is 13.5. The Morgan fingerprint density at radius 1 is 1.08 bits per heavy atom. The van der Waals surface area contributed by atoms with Crippen molar-refractivity contribution in [3.8, 4) is 5.75 Å². The molecule has 0 unspecified atom stereocenters. The van der Waals surface area contributed by atoms with Crippen LogP contribution in [0.2, 0.25) is 5.02 Å². The fourth-order valence-corrected chi connectivity index (χ4v) is 2.49. The number of carbonyl (C=O) groups excluding carboxylic acids is 1. The van der Waals surface area contributed by atoms with Crippen LogP contribution in [0.25, 0.3) is 0 Å². The van der Waals surface area contributed by atoms with E-state index in [1.165, 1.54) is 7.11 Å². The van der Waals surface area contributed by atoms with Gasteiger partial charge in [-0.1, -0.05) is 29.8 Å². The van der Waals surface area contributed by atoms with Crippen molar-refractivity contribution in [2.24, 2.45) is 0 Å². The summed E-state index contributed by atoms with van der Waals surface area (Å²) >= 11 is 6.01. The molecule has 6 heteroatoms. The van der Waals surface area contributed by atoms with Gasteiger partial charge in [0.25, 0.3) is 5.91 Å². The highest BCUT2D eigenvalue weighted by molar-refractivity contribution is 6.31. The summed E-state index contributed by atoms with van der Waals surface area (Å²) in [5, 5.41) is 6.47. The topological polar surface area (TPSA) is 63.2 Å². The molecular formula is C19H16ClN3O2. The Hall–Kier alpha value is -3.05. The third-order valence-corrected chi connectivity index (χ3v) is 3.73. The van der Waals surface area contributed by atoms with Crippen LogP contribution in [0.5, 0.6) is 5.75 Å². The predicted octanol–water partition coefficient (Wildman–Crippen LogP) is 4.74. The first-order chi connectivity index (χ1) is 12.2. The van der Waals surface area contributed by atoms with Crippen molar-refractivity contribution in [1.29, 1.82) is 0 Å². The molecule has 0 saturated heterocycles. The van der Waals surface area contributed by atoms with Crippen LogP contribution >= 0.6 is 11.6 Å². The first kappa shape index (κ1) is 16.8. The van der Waals surface area contributed by atoms with Gasteiger partial charge in [-0.3, -0.25) is 4.79 Å². The minimum atomic E-state index is -0.313. The van der Waals surface area contributed by atoms with Crippen molar-refractivity contribution < 1.29 is 9.53 Å². The summed E-state index contributed by atoms with van der Waals surface area (Å²) in [5.41, 5.74) is 1.75. The molecule has 3 rings (SSSR count). The second-order valence-electron chi connectivity index (χ2n) is 5.19. The number of ether oxygens (including phenoxy) is 1. The van der Waals surface area contributed by atoms with E-state index in [-0.39, 0.29) is 5.91 Å². The minimum Gasteiger partial charge on any atom is -0.495 e. The normalized spacial score (nSPS) is 10.2. The molecule has 3 aromatic rings. The van der Waals surface area contributed by atoms with Crippen molar-refractivity contribution in [1.82, 2.24) is 4.98 Å². The van der Waals surface area contributed by atoms with E-state index < -0.39 is 0 Å². The molecule has 1 amide bonds. The van der Waals surface area contributed by atoms with Crippen LogP contribution < -0.4 is 15.4 Å². The maximum atomic E-state index is 12.7. The highest BCUT2D eigenvalue weighted by Gasteiger charge is 2.15. The number of amides is 1. The van der Waals surface area contributed by atoms with Gasteiger partial charge >= 0.3 is 0 Å². The van der Waals surface area contributed by atoms with E-state index in [1.54, 1.807) is 36.5 Å². The average Bonchev–Trinajstić information content (AvgIpc) is 2.63. The summed E-state index contributed by atoms with van der Waals surface area (Å²) in [6, 6.07) is 18.0. The summed E-state index contributed by atoms with van der Waals surface area (Å²) in [7, 11) is 1.53. The molecule has 2 aromatic carbocycles. The fraction of sp³-hybridized carbons (Fsp3) is 0.0526. The fourth-order valence-electron chi connectivity index (χ4n) is 2.31. The highest BCUT2D eigenvalue weighted by Crippen LogP contribution is 2.29. The molecule has 0 aliphatic carbocycles. The lowest BCUT2D eigenvalue weighted by molar-refractivity contribution is 0.102. The first-order valence-corrected chi connectivity index (χ1v) is 7.97. The molecule has 0 aliphatic heterocycles. The Balaban J connectivity index is 1.87. The van der Waals surface area contributed by atoms with Crippen LogP contribution in [-0.4, -0.2) is 18.0 Å². The molecule has 0 aliphatic rings. The van der Waals surface area contributed by atoms with E-state index in [9.17, 15) is 4.79 Å². The van der Waals surface area contributed by atoms with Gasteiger partial charge in [0.15, 0.2) is 0 Å². The average molecular weight is 354 g/mol. The predicted molar refractivity (Wildman–Crippen MR) is 99.9 cm³/mol. The molecule has 1 aromatic heterocycles. The molecule has 25 heavy (non-hydrogen) atoms. The number of nitrogens with one attached hydrogen (secondary N) is 2. The molecule has 0 saturated carbocycles. The Morgan fingerprint density at radius 2 is 1.88 bits per heavy atom. The lowest BCUT2D eigenvalue weighted by Gasteiger charge is -2.13. The number of carbonyl (C=O) groups is 1. The minimum absolute atomic E-state index is 0.313. The van der Waals surface area contributed by atoms with Gasteiger partial charge in [-0.2, -0.15) is 0 Å². The monoisotopic (exact) mass is 353 g/mol. The van der Waals surface area contributed by atoms with Crippen molar-refractivity contribution in [2.75, 3.05) is 17.7 Å². The maximum Gasteiger partial charge on any atom is 0.259 e. The maximum absolute atomic E-state index is 12.7. The van der Waals surface area contributed by atoms with Crippen LogP contribution in [0.3, 0.4) is 0 Å². The van der Waals surface area contributed by atoms with Gasteiger partial charge in [-0.15, -0.1) is 0 Å². The molecule has 0 atom stereocenters. The lowest BCUT2D eigenvalue weighted by atomic mass is 10.2. The summed E-state index contributed by atoms with van der Waals surface area (Å²) in [6.45, 7) is 0. The van der Waals surface area contributed by atoms with E-state index in [2.05, 4.69) is 15.6 Å². The number of methoxy groups -OCH3 is 1. The molecule has 1 heterocycles. The SMILES string of the molecule is COc1ccc(Cl)cc1NC(=O)c1cccnc1Nc1ccccc1. The number of hydrogen-bond acceptors (Lipinski definition) is 4. The Labute approximate surface area is 150 Å².